The molecular weight excluding hydrogens is 328 g/mol. The molecule has 0 bridgehead atoms. The Morgan fingerprint density at radius 1 is 1.42 bits per heavy atom. The maximum atomic E-state index is 12.6. The molecule has 1 amide bonds. The average molecular weight is 354 g/mol. The van der Waals surface area contributed by atoms with E-state index >= 15 is 0 Å². The molecule has 1 aromatic carbocycles. The highest BCUT2D eigenvalue weighted by Crippen LogP contribution is 2.19. The summed E-state index contributed by atoms with van der Waals surface area (Å²) in [6.07, 6.45) is 3.64. The Balaban J connectivity index is 1.59. The number of nitrogens with one attached hydrogen (secondary N) is 1. The highest BCUT2D eigenvalue weighted by molar-refractivity contribution is 5.81. The van der Waals surface area contributed by atoms with E-state index in [0.29, 0.717) is 13.1 Å². The Morgan fingerprint density at radius 3 is 3.04 bits per heavy atom. The fraction of sp³-hybridized carbons (Fsp3) is 0.450. The zero-order valence-corrected chi connectivity index (χ0v) is 15.7. The first-order chi connectivity index (χ1) is 12.6. The number of aromatic nitrogens is 2. The molecule has 0 fully saturated rings. The molecule has 0 saturated heterocycles. The fourth-order valence-electron chi connectivity index (χ4n) is 3.15. The van der Waals surface area contributed by atoms with Crippen LogP contribution in [0, 0.1) is 0 Å². The minimum atomic E-state index is -0.200. The summed E-state index contributed by atoms with van der Waals surface area (Å²) in [4.78, 5) is 23.8. The number of rotatable bonds is 6. The van der Waals surface area contributed by atoms with Crippen LogP contribution in [0.25, 0.3) is 0 Å². The van der Waals surface area contributed by atoms with E-state index in [1.807, 2.05) is 37.4 Å². The van der Waals surface area contributed by atoms with Gasteiger partial charge in [-0.1, -0.05) is 19.1 Å². The van der Waals surface area contributed by atoms with Gasteiger partial charge in [-0.3, -0.25) is 9.69 Å². The molecule has 1 atom stereocenters. The summed E-state index contributed by atoms with van der Waals surface area (Å²) < 4.78 is 5.22. The molecule has 1 aliphatic heterocycles. The van der Waals surface area contributed by atoms with Gasteiger partial charge in [0.15, 0.2) is 0 Å². The minimum Gasteiger partial charge on any atom is -0.497 e. The van der Waals surface area contributed by atoms with Gasteiger partial charge in [0, 0.05) is 32.3 Å². The van der Waals surface area contributed by atoms with Gasteiger partial charge in [-0.05, 0) is 36.6 Å². The largest absolute Gasteiger partial charge is 0.497 e. The van der Waals surface area contributed by atoms with Crippen LogP contribution in [0.1, 0.15) is 36.5 Å². The molecule has 1 N–H and O–H groups in total. The summed E-state index contributed by atoms with van der Waals surface area (Å²) in [5, 5.41) is 3.02. The van der Waals surface area contributed by atoms with Crippen molar-refractivity contribution in [2.75, 3.05) is 13.7 Å². The molecule has 0 aliphatic carbocycles. The third kappa shape index (κ3) is 4.19. The van der Waals surface area contributed by atoms with Gasteiger partial charge in [0.1, 0.15) is 11.6 Å². The molecule has 2 heterocycles. The quantitative estimate of drug-likeness (QED) is 0.861. The second-order valence-electron chi connectivity index (χ2n) is 6.58. The highest BCUT2D eigenvalue weighted by atomic mass is 16.5. The lowest BCUT2D eigenvalue weighted by atomic mass is 10.0. The van der Waals surface area contributed by atoms with Gasteiger partial charge < -0.3 is 10.1 Å². The van der Waals surface area contributed by atoms with Crippen molar-refractivity contribution in [3.63, 3.8) is 0 Å². The molecule has 2 aromatic rings. The molecule has 6 nitrogen and oxygen atoms in total. The molecule has 0 saturated carbocycles. The van der Waals surface area contributed by atoms with E-state index in [4.69, 9.17) is 4.74 Å². The monoisotopic (exact) mass is 354 g/mol. The molecule has 26 heavy (non-hydrogen) atoms. The first kappa shape index (κ1) is 18.3. The number of methoxy groups -OCH3 is 1. The van der Waals surface area contributed by atoms with E-state index in [1.165, 1.54) is 5.56 Å². The Bertz CT molecular complexity index is 778. The number of ether oxygens (including phenoxy) is 1. The standard InChI is InChI=1S/C20H26N4O2/c1-4-19-21-12-16-8-9-24(13-18(16)23-19)14(2)20(25)22-11-15-6-5-7-17(10-15)26-3/h5-7,10,12,14H,4,8-9,11,13H2,1-3H3,(H,22,25). The Labute approximate surface area is 154 Å². The molecule has 0 radical (unpaired) electrons. The summed E-state index contributed by atoms with van der Waals surface area (Å²) in [5.74, 6) is 1.69. The van der Waals surface area contributed by atoms with Crippen LogP contribution in [0.2, 0.25) is 0 Å². The van der Waals surface area contributed by atoms with Crippen molar-refractivity contribution in [3.8, 4) is 5.75 Å². The van der Waals surface area contributed by atoms with Crippen molar-refractivity contribution in [2.45, 2.75) is 45.8 Å². The van der Waals surface area contributed by atoms with Crippen LogP contribution in [0.5, 0.6) is 5.75 Å². The van der Waals surface area contributed by atoms with Crippen molar-refractivity contribution >= 4 is 5.91 Å². The third-order valence-corrected chi connectivity index (χ3v) is 4.87. The van der Waals surface area contributed by atoms with Gasteiger partial charge in [0.05, 0.1) is 18.8 Å². The fourth-order valence-corrected chi connectivity index (χ4v) is 3.15. The zero-order chi connectivity index (χ0) is 18.5. The van der Waals surface area contributed by atoms with Crippen LogP contribution in [0.15, 0.2) is 30.5 Å². The van der Waals surface area contributed by atoms with E-state index in [9.17, 15) is 4.79 Å². The van der Waals surface area contributed by atoms with E-state index in [-0.39, 0.29) is 11.9 Å². The number of aryl methyl sites for hydroxylation is 1. The van der Waals surface area contributed by atoms with Crippen molar-refractivity contribution in [2.24, 2.45) is 0 Å². The second kappa shape index (κ2) is 8.27. The lowest BCUT2D eigenvalue weighted by Crippen LogP contribution is -2.47. The predicted molar refractivity (Wildman–Crippen MR) is 99.8 cm³/mol. The normalized spacial score (nSPS) is 15.2. The molecular formula is C20H26N4O2. The first-order valence-corrected chi connectivity index (χ1v) is 9.09. The molecule has 6 heteroatoms. The van der Waals surface area contributed by atoms with Crippen LogP contribution >= 0.6 is 0 Å². The summed E-state index contributed by atoms with van der Waals surface area (Å²) in [6, 6.07) is 7.54. The Morgan fingerprint density at radius 2 is 2.27 bits per heavy atom. The first-order valence-electron chi connectivity index (χ1n) is 9.09. The number of fused-ring (bicyclic) bond motifs is 1. The van der Waals surface area contributed by atoms with Crippen LogP contribution in [0.3, 0.4) is 0 Å². The summed E-state index contributed by atoms with van der Waals surface area (Å²) in [7, 11) is 1.64. The number of hydrogen-bond donors (Lipinski definition) is 1. The van der Waals surface area contributed by atoms with Crippen LogP contribution in [-0.2, 0) is 30.7 Å². The molecule has 3 rings (SSSR count). The van der Waals surface area contributed by atoms with Crippen LogP contribution in [0.4, 0.5) is 0 Å². The summed E-state index contributed by atoms with van der Waals surface area (Å²) in [5.41, 5.74) is 3.27. The van der Waals surface area contributed by atoms with Gasteiger partial charge in [0.25, 0.3) is 0 Å². The van der Waals surface area contributed by atoms with Crippen molar-refractivity contribution in [1.29, 1.82) is 0 Å². The van der Waals surface area contributed by atoms with Gasteiger partial charge in [-0.15, -0.1) is 0 Å². The Hall–Kier alpha value is -2.47. The van der Waals surface area contributed by atoms with Crippen LogP contribution in [-0.4, -0.2) is 40.5 Å². The topological polar surface area (TPSA) is 67.4 Å². The number of hydrogen-bond acceptors (Lipinski definition) is 5. The number of benzene rings is 1. The zero-order valence-electron chi connectivity index (χ0n) is 15.7. The number of amides is 1. The maximum Gasteiger partial charge on any atom is 0.237 e. The van der Waals surface area contributed by atoms with Crippen molar-refractivity contribution in [1.82, 2.24) is 20.2 Å². The van der Waals surface area contributed by atoms with E-state index in [2.05, 4.69) is 27.1 Å². The highest BCUT2D eigenvalue weighted by Gasteiger charge is 2.26. The summed E-state index contributed by atoms with van der Waals surface area (Å²) in [6.45, 7) is 6.03. The smallest absolute Gasteiger partial charge is 0.237 e. The second-order valence-corrected chi connectivity index (χ2v) is 6.58. The van der Waals surface area contributed by atoms with Crippen molar-refractivity contribution in [3.05, 3.63) is 53.1 Å². The summed E-state index contributed by atoms with van der Waals surface area (Å²) >= 11 is 0. The Kier molecular flexibility index (Phi) is 5.83. The molecule has 1 aliphatic rings. The van der Waals surface area contributed by atoms with Gasteiger partial charge in [-0.2, -0.15) is 0 Å². The maximum absolute atomic E-state index is 12.6. The molecule has 1 aromatic heterocycles. The molecule has 138 valence electrons. The SMILES string of the molecule is CCc1ncc2c(n1)CN(C(C)C(=O)NCc1cccc(OC)c1)CC2. The number of carbonyl (C=O) groups excluding carboxylic acids is 1. The molecule has 0 spiro atoms. The van der Waals surface area contributed by atoms with Crippen LogP contribution < -0.4 is 10.1 Å². The van der Waals surface area contributed by atoms with Gasteiger partial charge in [-0.25, -0.2) is 9.97 Å². The predicted octanol–water partition coefficient (Wildman–Crippen LogP) is 2.11. The van der Waals surface area contributed by atoms with Gasteiger partial charge in [0.2, 0.25) is 5.91 Å². The molecule has 1 unspecified atom stereocenters. The number of carbonyl (C=O) groups is 1. The number of nitrogens with zero attached hydrogens (tertiary/aromatic N) is 3. The van der Waals surface area contributed by atoms with E-state index in [1.54, 1.807) is 7.11 Å². The lowest BCUT2D eigenvalue weighted by Gasteiger charge is -2.32. The van der Waals surface area contributed by atoms with Crippen molar-refractivity contribution < 1.29 is 9.53 Å². The van der Waals surface area contributed by atoms with E-state index in [0.717, 1.165) is 42.2 Å². The minimum absolute atomic E-state index is 0.0287. The van der Waals surface area contributed by atoms with E-state index < -0.39 is 0 Å². The lowest BCUT2D eigenvalue weighted by molar-refractivity contribution is -0.126. The third-order valence-electron chi connectivity index (χ3n) is 4.87. The van der Waals surface area contributed by atoms with Gasteiger partial charge >= 0.3 is 0 Å². The average Bonchev–Trinajstić information content (AvgIpc) is 2.70.